The molecule has 0 saturated carbocycles. The van der Waals surface area contributed by atoms with Gasteiger partial charge in [-0.05, 0) is 37.3 Å². The zero-order chi connectivity index (χ0) is 21.2. The molecule has 3 aromatic heterocycles. The number of hydrogen-bond acceptors (Lipinski definition) is 4. The fourth-order valence-electron chi connectivity index (χ4n) is 3.28. The van der Waals surface area contributed by atoms with Crippen molar-refractivity contribution in [2.24, 2.45) is 10.1 Å². The first-order chi connectivity index (χ1) is 15.2. The van der Waals surface area contributed by atoms with Crippen LogP contribution in [0.4, 0.5) is 5.69 Å². The second-order valence-corrected chi connectivity index (χ2v) is 8.84. The molecule has 152 valence electrons. The van der Waals surface area contributed by atoms with Crippen molar-refractivity contribution in [2.45, 2.75) is 6.92 Å². The monoisotopic (exact) mass is 487 g/mol. The molecule has 5 nitrogen and oxygen atoms in total. The van der Waals surface area contributed by atoms with E-state index in [0.717, 1.165) is 42.7 Å². The molecule has 31 heavy (non-hydrogen) atoms. The first-order valence-corrected chi connectivity index (χ1v) is 11.4. The van der Waals surface area contributed by atoms with Crippen LogP contribution in [0.25, 0.3) is 22.2 Å². The van der Waals surface area contributed by atoms with Crippen molar-refractivity contribution in [3.63, 3.8) is 0 Å². The molecule has 5 aromatic rings. The van der Waals surface area contributed by atoms with E-state index in [1.807, 2.05) is 35.3 Å². The van der Waals surface area contributed by atoms with Crippen LogP contribution in [-0.4, -0.2) is 20.9 Å². The lowest BCUT2D eigenvalue weighted by atomic mass is 10.1. The van der Waals surface area contributed by atoms with E-state index in [4.69, 9.17) is 10.1 Å². The second-order valence-electron chi connectivity index (χ2n) is 7.08. The van der Waals surface area contributed by atoms with Gasteiger partial charge in [-0.25, -0.2) is 9.67 Å². The van der Waals surface area contributed by atoms with Crippen molar-refractivity contribution >= 4 is 50.1 Å². The van der Waals surface area contributed by atoms with Crippen LogP contribution in [0.1, 0.15) is 11.1 Å². The summed E-state index contributed by atoms with van der Waals surface area (Å²) in [4.78, 5) is 13.0. The van der Waals surface area contributed by atoms with E-state index in [1.165, 1.54) is 5.56 Å². The Morgan fingerprint density at radius 3 is 2.81 bits per heavy atom. The second kappa shape index (κ2) is 8.45. The number of aromatic amines is 1. The van der Waals surface area contributed by atoms with Crippen molar-refractivity contribution < 1.29 is 0 Å². The number of nitrogens with zero attached hydrogens (tertiary/aromatic N) is 4. The quantitative estimate of drug-likeness (QED) is 0.298. The number of H-pyrrole nitrogens is 1. The molecule has 0 spiro atoms. The summed E-state index contributed by atoms with van der Waals surface area (Å²) >= 11 is 5.11. The highest BCUT2D eigenvalue weighted by Gasteiger charge is 2.09. The molecule has 0 radical (unpaired) electrons. The standard InChI is InChI=1S/C24H18BrN5S/c1-16-4-6-17(7-5-16)23-15-31-24(29-20-3-2-10-26-14-20)30(23)28-13-18-12-27-22-9-8-19(25)11-21(18)22/h2-15,27H,1H3. The van der Waals surface area contributed by atoms with Gasteiger partial charge >= 0.3 is 0 Å². The molecule has 5 rings (SSSR count). The summed E-state index contributed by atoms with van der Waals surface area (Å²) in [6.07, 6.45) is 7.33. The predicted molar refractivity (Wildman–Crippen MR) is 131 cm³/mol. The van der Waals surface area contributed by atoms with E-state index < -0.39 is 0 Å². The van der Waals surface area contributed by atoms with Crippen LogP contribution in [0.3, 0.4) is 0 Å². The maximum absolute atomic E-state index is 4.84. The minimum atomic E-state index is 0.779. The molecule has 0 fully saturated rings. The fraction of sp³-hybridized carbons (Fsp3) is 0.0417. The molecule has 0 aliphatic rings. The summed E-state index contributed by atoms with van der Waals surface area (Å²) in [5.74, 6) is 0. The fourth-order valence-corrected chi connectivity index (χ4v) is 4.50. The molecule has 0 aliphatic carbocycles. The average Bonchev–Trinajstić information content (AvgIpc) is 3.37. The minimum absolute atomic E-state index is 0.779. The molecule has 1 N–H and O–H groups in total. The third kappa shape index (κ3) is 4.15. The van der Waals surface area contributed by atoms with Gasteiger partial charge in [0, 0.05) is 44.3 Å². The number of hydrogen-bond donors (Lipinski definition) is 1. The molecule has 0 amide bonds. The molecule has 3 heterocycles. The lowest BCUT2D eigenvalue weighted by molar-refractivity contribution is 0.854. The highest BCUT2D eigenvalue weighted by atomic mass is 79.9. The Kier molecular flexibility index (Phi) is 5.36. The van der Waals surface area contributed by atoms with Crippen molar-refractivity contribution in [1.29, 1.82) is 0 Å². The maximum Gasteiger partial charge on any atom is 0.211 e. The number of nitrogens with one attached hydrogen (secondary N) is 1. The van der Waals surface area contributed by atoms with Gasteiger partial charge in [0.25, 0.3) is 0 Å². The smallest absolute Gasteiger partial charge is 0.211 e. The van der Waals surface area contributed by atoms with Gasteiger partial charge in [0.05, 0.1) is 23.8 Å². The van der Waals surface area contributed by atoms with Crippen LogP contribution >= 0.6 is 27.3 Å². The van der Waals surface area contributed by atoms with Crippen LogP contribution in [0.15, 0.2) is 93.1 Å². The van der Waals surface area contributed by atoms with E-state index in [9.17, 15) is 0 Å². The topological polar surface area (TPSA) is 58.3 Å². The summed E-state index contributed by atoms with van der Waals surface area (Å²) in [6.45, 7) is 2.09. The van der Waals surface area contributed by atoms with Crippen LogP contribution in [0.5, 0.6) is 0 Å². The van der Waals surface area contributed by atoms with Gasteiger partial charge < -0.3 is 4.98 Å². The van der Waals surface area contributed by atoms with E-state index in [0.29, 0.717) is 0 Å². The summed E-state index contributed by atoms with van der Waals surface area (Å²) in [6, 6.07) is 18.4. The summed E-state index contributed by atoms with van der Waals surface area (Å²) < 4.78 is 2.92. The first-order valence-electron chi connectivity index (χ1n) is 9.71. The summed E-state index contributed by atoms with van der Waals surface area (Å²) in [5.41, 5.74) is 6.17. The Balaban J connectivity index is 1.65. The Labute approximate surface area is 191 Å². The highest BCUT2D eigenvalue weighted by Crippen LogP contribution is 2.23. The van der Waals surface area contributed by atoms with Crippen molar-refractivity contribution in [3.8, 4) is 11.3 Å². The lowest BCUT2D eigenvalue weighted by Crippen LogP contribution is -2.11. The summed E-state index contributed by atoms with van der Waals surface area (Å²) in [7, 11) is 0. The maximum atomic E-state index is 4.84. The molecule has 7 heteroatoms. The van der Waals surface area contributed by atoms with Gasteiger partial charge in [-0.15, -0.1) is 11.3 Å². The minimum Gasteiger partial charge on any atom is -0.361 e. The average molecular weight is 488 g/mol. The molecule has 0 aliphatic heterocycles. The number of aryl methyl sites for hydroxylation is 1. The van der Waals surface area contributed by atoms with Gasteiger partial charge in [0.15, 0.2) is 0 Å². The number of fused-ring (bicyclic) bond motifs is 1. The van der Waals surface area contributed by atoms with E-state index >= 15 is 0 Å². The number of benzene rings is 2. The Morgan fingerprint density at radius 1 is 1.13 bits per heavy atom. The Hall–Kier alpha value is -3.29. The SMILES string of the molecule is Cc1ccc(-c2csc(=Nc3cccnc3)n2N=Cc2c[nH]c3ccc(Br)cc23)cc1. The number of thiazole rings is 1. The van der Waals surface area contributed by atoms with Crippen LogP contribution in [0, 0.1) is 6.92 Å². The van der Waals surface area contributed by atoms with Gasteiger partial charge in [-0.3, -0.25) is 4.98 Å². The largest absolute Gasteiger partial charge is 0.361 e. The molecule has 0 unspecified atom stereocenters. The Morgan fingerprint density at radius 2 is 2.00 bits per heavy atom. The van der Waals surface area contributed by atoms with Gasteiger partial charge in [-0.2, -0.15) is 5.10 Å². The van der Waals surface area contributed by atoms with E-state index in [2.05, 4.69) is 74.6 Å². The van der Waals surface area contributed by atoms with Crippen LogP contribution < -0.4 is 4.80 Å². The van der Waals surface area contributed by atoms with Crippen molar-refractivity contribution in [1.82, 2.24) is 14.6 Å². The molecule has 2 aromatic carbocycles. The molecular formula is C24H18BrN5S. The first kappa shape index (κ1) is 19.7. The number of rotatable bonds is 4. The number of halogens is 1. The molecule has 0 saturated heterocycles. The zero-order valence-electron chi connectivity index (χ0n) is 16.7. The Bertz CT molecular complexity index is 1440. The normalized spacial score (nSPS) is 12.3. The molecule has 0 atom stereocenters. The summed E-state index contributed by atoms with van der Waals surface area (Å²) in [5, 5.41) is 8.03. The third-order valence-corrected chi connectivity index (χ3v) is 6.20. The van der Waals surface area contributed by atoms with E-state index in [1.54, 1.807) is 23.7 Å². The molecule has 0 bridgehead atoms. The lowest BCUT2D eigenvalue weighted by Gasteiger charge is -2.04. The zero-order valence-corrected chi connectivity index (χ0v) is 19.1. The number of pyridine rings is 1. The van der Waals surface area contributed by atoms with Crippen molar-refractivity contribution in [2.75, 3.05) is 0 Å². The van der Waals surface area contributed by atoms with Crippen LogP contribution in [0.2, 0.25) is 0 Å². The van der Waals surface area contributed by atoms with Gasteiger partial charge in [-0.1, -0.05) is 45.8 Å². The highest BCUT2D eigenvalue weighted by molar-refractivity contribution is 9.10. The molecular weight excluding hydrogens is 470 g/mol. The third-order valence-electron chi connectivity index (χ3n) is 4.89. The van der Waals surface area contributed by atoms with Gasteiger partial charge in [0.2, 0.25) is 4.80 Å². The van der Waals surface area contributed by atoms with Crippen molar-refractivity contribution in [3.05, 3.63) is 99.0 Å². The van der Waals surface area contributed by atoms with Gasteiger partial charge in [0.1, 0.15) is 0 Å². The van der Waals surface area contributed by atoms with E-state index in [-0.39, 0.29) is 0 Å². The van der Waals surface area contributed by atoms with Crippen LogP contribution in [-0.2, 0) is 0 Å². The predicted octanol–water partition coefficient (Wildman–Crippen LogP) is 6.28. The number of aromatic nitrogens is 3.